The smallest absolute Gasteiger partial charge is 0.339 e. The molecular formula is C25H19N5O2. The number of nitrogens with one attached hydrogen (secondary N) is 1. The van der Waals surface area contributed by atoms with Crippen molar-refractivity contribution < 1.29 is 9.53 Å². The van der Waals surface area contributed by atoms with Crippen molar-refractivity contribution in [2.45, 2.75) is 0 Å². The van der Waals surface area contributed by atoms with Crippen molar-refractivity contribution in [1.82, 2.24) is 19.7 Å². The molecule has 3 aromatic carbocycles. The summed E-state index contributed by atoms with van der Waals surface area (Å²) in [5.74, 6) is 0.303. The molecule has 0 saturated carbocycles. The number of rotatable bonds is 5. The number of ether oxygens (including phenoxy) is 1. The molecule has 0 saturated heterocycles. The highest BCUT2D eigenvalue weighted by Crippen LogP contribution is 2.34. The molecule has 156 valence electrons. The van der Waals surface area contributed by atoms with Gasteiger partial charge in [-0.15, -0.1) is 0 Å². The second-order valence-corrected chi connectivity index (χ2v) is 7.08. The number of aromatic nitrogens is 4. The summed E-state index contributed by atoms with van der Waals surface area (Å²) in [4.78, 5) is 21.1. The number of anilines is 2. The molecule has 1 N–H and O–H groups in total. The predicted octanol–water partition coefficient (Wildman–Crippen LogP) is 5.01. The maximum Gasteiger partial charge on any atom is 0.339 e. The molecule has 7 heteroatoms. The van der Waals surface area contributed by atoms with Crippen LogP contribution in [0.4, 0.5) is 11.5 Å². The molecule has 0 atom stereocenters. The van der Waals surface area contributed by atoms with Gasteiger partial charge in [0.2, 0.25) is 0 Å². The monoisotopic (exact) mass is 421 g/mol. The number of hydrogen-bond donors (Lipinski definition) is 1. The molecule has 0 aliphatic heterocycles. The van der Waals surface area contributed by atoms with Crippen molar-refractivity contribution in [2.24, 2.45) is 0 Å². The van der Waals surface area contributed by atoms with Crippen molar-refractivity contribution in [1.29, 1.82) is 0 Å². The molecule has 32 heavy (non-hydrogen) atoms. The summed E-state index contributed by atoms with van der Waals surface area (Å²) in [6.45, 7) is 0. The number of hydrogen-bond acceptors (Lipinski definition) is 6. The van der Waals surface area contributed by atoms with Gasteiger partial charge in [0.1, 0.15) is 5.82 Å². The minimum absolute atomic E-state index is 0.415. The minimum atomic E-state index is -0.415. The lowest BCUT2D eigenvalue weighted by Gasteiger charge is -2.15. The molecule has 0 fully saturated rings. The summed E-state index contributed by atoms with van der Waals surface area (Å²) in [5, 5.41) is 8.05. The molecule has 0 amide bonds. The van der Waals surface area contributed by atoms with E-state index in [2.05, 4.69) is 20.4 Å². The van der Waals surface area contributed by atoms with Crippen LogP contribution in [-0.4, -0.2) is 32.8 Å². The van der Waals surface area contributed by atoms with Crippen LogP contribution in [0.1, 0.15) is 10.4 Å². The Morgan fingerprint density at radius 1 is 0.906 bits per heavy atom. The third-order valence-electron chi connectivity index (χ3n) is 5.14. The molecule has 0 bridgehead atoms. The molecule has 0 spiro atoms. The maximum atomic E-state index is 12.3. The number of esters is 1. The number of carbonyl (C=O) groups excluding carboxylic acids is 1. The number of para-hydroxylation sites is 2. The van der Waals surface area contributed by atoms with E-state index in [0.29, 0.717) is 11.3 Å². The van der Waals surface area contributed by atoms with Crippen molar-refractivity contribution >= 4 is 28.5 Å². The van der Waals surface area contributed by atoms with Gasteiger partial charge in [-0.2, -0.15) is 5.10 Å². The molecule has 5 aromatic rings. The van der Waals surface area contributed by atoms with Gasteiger partial charge in [0.05, 0.1) is 41.3 Å². The average Bonchev–Trinajstić information content (AvgIpc) is 3.27. The molecule has 7 nitrogen and oxygen atoms in total. The molecule has 0 radical (unpaired) electrons. The third-order valence-corrected chi connectivity index (χ3v) is 5.14. The fourth-order valence-electron chi connectivity index (χ4n) is 3.58. The first-order valence-corrected chi connectivity index (χ1v) is 10.0. The summed E-state index contributed by atoms with van der Waals surface area (Å²) in [6, 6.07) is 22.9. The number of benzene rings is 3. The van der Waals surface area contributed by atoms with E-state index in [9.17, 15) is 4.79 Å². The maximum absolute atomic E-state index is 12.3. The molecular weight excluding hydrogens is 402 g/mol. The zero-order valence-electron chi connectivity index (χ0n) is 17.3. The standard InChI is InChI=1S/C25H19N5O2/c1-32-25(31)19-9-5-6-10-21(19)29-24-20(16-28-30(24)18-7-3-2-4-8-18)17-11-12-22-23(15-17)27-14-13-26-22/h2-16,29H,1H3. The van der Waals surface area contributed by atoms with Gasteiger partial charge in [-0.05, 0) is 42.0 Å². The van der Waals surface area contributed by atoms with Crippen LogP contribution in [0.15, 0.2) is 91.4 Å². The van der Waals surface area contributed by atoms with Crippen LogP contribution in [0.25, 0.3) is 27.8 Å². The number of methoxy groups -OCH3 is 1. The van der Waals surface area contributed by atoms with Crippen LogP contribution in [-0.2, 0) is 4.74 Å². The number of fused-ring (bicyclic) bond motifs is 1. The Morgan fingerprint density at radius 3 is 2.47 bits per heavy atom. The lowest BCUT2D eigenvalue weighted by Crippen LogP contribution is -2.08. The average molecular weight is 421 g/mol. The summed E-state index contributed by atoms with van der Waals surface area (Å²) in [6.07, 6.45) is 5.14. The Bertz CT molecular complexity index is 1410. The molecule has 2 aromatic heterocycles. The van der Waals surface area contributed by atoms with E-state index in [4.69, 9.17) is 4.74 Å². The lowest BCUT2D eigenvalue weighted by atomic mass is 10.1. The highest BCUT2D eigenvalue weighted by atomic mass is 16.5. The lowest BCUT2D eigenvalue weighted by molar-refractivity contribution is 0.0602. The fourth-order valence-corrected chi connectivity index (χ4v) is 3.58. The Morgan fingerprint density at radius 2 is 1.66 bits per heavy atom. The minimum Gasteiger partial charge on any atom is -0.465 e. The van der Waals surface area contributed by atoms with Crippen LogP contribution < -0.4 is 5.32 Å². The fraction of sp³-hybridized carbons (Fsp3) is 0.0400. The van der Waals surface area contributed by atoms with E-state index in [0.717, 1.165) is 33.7 Å². The van der Waals surface area contributed by atoms with Gasteiger partial charge in [-0.3, -0.25) is 9.97 Å². The predicted molar refractivity (Wildman–Crippen MR) is 123 cm³/mol. The first-order chi connectivity index (χ1) is 15.7. The van der Waals surface area contributed by atoms with Crippen molar-refractivity contribution in [3.05, 3.63) is 97.0 Å². The summed E-state index contributed by atoms with van der Waals surface area (Å²) >= 11 is 0. The van der Waals surface area contributed by atoms with Crippen molar-refractivity contribution in [3.8, 4) is 16.8 Å². The Labute approximate surface area is 184 Å². The highest BCUT2D eigenvalue weighted by molar-refractivity contribution is 5.97. The van der Waals surface area contributed by atoms with Gasteiger partial charge in [0, 0.05) is 18.0 Å². The third kappa shape index (κ3) is 3.56. The Kier molecular flexibility index (Phi) is 5.05. The van der Waals surface area contributed by atoms with Gasteiger partial charge in [-0.1, -0.05) is 36.4 Å². The summed E-state index contributed by atoms with van der Waals surface area (Å²) in [7, 11) is 1.37. The van der Waals surface area contributed by atoms with Gasteiger partial charge < -0.3 is 10.1 Å². The number of nitrogens with zero attached hydrogens (tertiary/aromatic N) is 4. The van der Waals surface area contributed by atoms with E-state index < -0.39 is 5.97 Å². The largest absolute Gasteiger partial charge is 0.465 e. The van der Waals surface area contributed by atoms with E-state index in [1.54, 1.807) is 30.7 Å². The van der Waals surface area contributed by atoms with E-state index in [1.165, 1.54) is 7.11 Å². The first kappa shape index (κ1) is 19.4. The van der Waals surface area contributed by atoms with Crippen molar-refractivity contribution in [2.75, 3.05) is 12.4 Å². The normalized spacial score (nSPS) is 10.8. The topological polar surface area (TPSA) is 81.9 Å². The van der Waals surface area contributed by atoms with Gasteiger partial charge in [0.25, 0.3) is 0 Å². The molecule has 0 aliphatic carbocycles. The SMILES string of the molecule is COC(=O)c1ccccc1Nc1c(-c2ccc3nccnc3c2)cnn1-c1ccccc1. The van der Waals surface area contributed by atoms with Crippen LogP contribution in [0.2, 0.25) is 0 Å². The van der Waals surface area contributed by atoms with Gasteiger partial charge >= 0.3 is 5.97 Å². The van der Waals surface area contributed by atoms with Crippen LogP contribution in [0.3, 0.4) is 0 Å². The highest BCUT2D eigenvalue weighted by Gasteiger charge is 2.18. The van der Waals surface area contributed by atoms with Gasteiger partial charge in [-0.25, -0.2) is 9.48 Å². The van der Waals surface area contributed by atoms with Gasteiger partial charge in [0.15, 0.2) is 0 Å². The molecule has 2 heterocycles. The van der Waals surface area contributed by atoms with Crippen LogP contribution in [0.5, 0.6) is 0 Å². The molecule has 0 unspecified atom stereocenters. The van der Waals surface area contributed by atoms with E-state index in [1.807, 2.05) is 65.3 Å². The molecule has 0 aliphatic rings. The Balaban J connectivity index is 1.67. The second kappa shape index (κ2) is 8.31. The zero-order valence-corrected chi connectivity index (χ0v) is 17.3. The van der Waals surface area contributed by atoms with E-state index in [-0.39, 0.29) is 0 Å². The number of carbonyl (C=O) groups is 1. The molecule has 5 rings (SSSR count). The van der Waals surface area contributed by atoms with E-state index >= 15 is 0 Å². The summed E-state index contributed by atoms with van der Waals surface area (Å²) in [5.41, 5.74) is 5.34. The second-order valence-electron chi connectivity index (χ2n) is 7.08. The first-order valence-electron chi connectivity index (χ1n) is 10.0. The van der Waals surface area contributed by atoms with Crippen LogP contribution >= 0.6 is 0 Å². The quantitative estimate of drug-likeness (QED) is 0.402. The Hall–Kier alpha value is -4.52. The summed E-state index contributed by atoms with van der Waals surface area (Å²) < 4.78 is 6.77. The zero-order chi connectivity index (χ0) is 21.9. The van der Waals surface area contributed by atoms with Crippen molar-refractivity contribution in [3.63, 3.8) is 0 Å². The van der Waals surface area contributed by atoms with Crippen LogP contribution in [0, 0.1) is 0 Å².